The minimum absolute atomic E-state index is 0.0717. The van der Waals surface area contributed by atoms with Gasteiger partial charge in [-0.15, -0.1) is 0 Å². The lowest BCUT2D eigenvalue weighted by Crippen LogP contribution is -2.55. The highest BCUT2D eigenvalue weighted by molar-refractivity contribution is 6.10. The van der Waals surface area contributed by atoms with E-state index in [0.29, 0.717) is 31.5 Å². The smallest absolute Gasteiger partial charge is 0.261 e. The van der Waals surface area contributed by atoms with Crippen LogP contribution in [0.5, 0.6) is 0 Å². The summed E-state index contributed by atoms with van der Waals surface area (Å²) in [7, 11) is 0. The molecular weight excluding hydrogens is 328 g/mol. The second-order valence-electron chi connectivity index (χ2n) is 6.86. The number of rotatable bonds is 3. The van der Waals surface area contributed by atoms with Crippen LogP contribution in [-0.4, -0.2) is 40.1 Å². The number of hydrogen-bond donors (Lipinski definition) is 0. The predicted molar refractivity (Wildman–Crippen MR) is 96.2 cm³/mol. The van der Waals surface area contributed by atoms with Gasteiger partial charge in [-0.2, -0.15) is 0 Å². The topological polar surface area (TPSA) is 57.7 Å². The molecule has 132 valence electrons. The fourth-order valence-corrected chi connectivity index (χ4v) is 3.81. The molecule has 2 aliphatic heterocycles. The Morgan fingerprint density at radius 3 is 2.42 bits per heavy atom. The summed E-state index contributed by atoms with van der Waals surface area (Å²) >= 11 is 0. The number of benzene rings is 2. The highest BCUT2D eigenvalue weighted by Crippen LogP contribution is 2.26. The van der Waals surface area contributed by atoms with Crippen molar-refractivity contribution >= 4 is 17.7 Å². The molecule has 0 spiro atoms. The lowest BCUT2D eigenvalue weighted by atomic mass is 9.94. The zero-order valence-corrected chi connectivity index (χ0v) is 14.4. The van der Waals surface area contributed by atoms with Crippen LogP contribution in [0, 0.1) is 0 Å². The number of nitrogens with zero attached hydrogens (tertiary/aromatic N) is 2. The van der Waals surface area contributed by atoms with Crippen LogP contribution in [0.15, 0.2) is 54.6 Å². The molecule has 5 nitrogen and oxygen atoms in total. The molecule has 0 N–H and O–H groups in total. The van der Waals surface area contributed by atoms with Gasteiger partial charge >= 0.3 is 0 Å². The normalized spacial score (nSPS) is 20.3. The molecule has 0 aliphatic carbocycles. The largest absolute Gasteiger partial charge is 0.336 e. The molecule has 0 saturated carbocycles. The average Bonchev–Trinajstić information content (AvgIpc) is 2.65. The molecule has 2 aliphatic rings. The third kappa shape index (κ3) is 3.01. The molecule has 3 amide bonds. The number of amides is 3. The van der Waals surface area contributed by atoms with Crippen molar-refractivity contribution in [2.45, 2.75) is 31.8 Å². The minimum atomic E-state index is -0.259. The van der Waals surface area contributed by atoms with E-state index in [4.69, 9.17) is 0 Å². The van der Waals surface area contributed by atoms with Crippen LogP contribution in [0.25, 0.3) is 0 Å². The van der Waals surface area contributed by atoms with Gasteiger partial charge < -0.3 is 4.90 Å². The van der Waals surface area contributed by atoms with E-state index in [2.05, 4.69) is 0 Å². The maximum absolute atomic E-state index is 12.9. The van der Waals surface area contributed by atoms with Crippen LogP contribution in [0.2, 0.25) is 0 Å². The van der Waals surface area contributed by atoms with Gasteiger partial charge in [0.1, 0.15) is 0 Å². The van der Waals surface area contributed by atoms with Gasteiger partial charge in [-0.3, -0.25) is 19.3 Å². The summed E-state index contributed by atoms with van der Waals surface area (Å²) < 4.78 is 0. The molecule has 4 rings (SSSR count). The van der Waals surface area contributed by atoms with E-state index in [0.717, 1.165) is 11.1 Å². The fraction of sp³-hybridized carbons (Fsp3) is 0.286. The van der Waals surface area contributed by atoms with Crippen LogP contribution in [-0.2, 0) is 22.6 Å². The standard InChI is InChI=1S/C21H20N2O3/c24-19-11-10-17(14-22(19)13-15-6-2-1-3-7-15)23-20(25)12-16-8-4-5-9-18(16)21(23)26/h1-9,17H,10-14H2. The molecule has 26 heavy (non-hydrogen) atoms. The molecule has 2 aromatic rings. The zero-order chi connectivity index (χ0) is 18.1. The van der Waals surface area contributed by atoms with Gasteiger partial charge in [-0.05, 0) is 23.6 Å². The van der Waals surface area contributed by atoms with Crippen LogP contribution >= 0.6 is 0 Å². The first kappa shape index (κ1) is 16.5. The highest BCUT2D eigenvalue weighted by atomic mass is 16.2. The maximum atomic E-state index is 12.9. The van der Waals surface area contributed by atoms with Crippen LogP contribution in [0.3, 0.4) is 0 Å². The molecule has 1 fully saturated rings. The van der Waals surface area contributed by atoms with Crippen molar-refractivity contribution in [2.24, 2.45) is 0 Å². The summed E-state index contributed by atoms with van der Waals surface area (Å²) in [6.45, 7) is 0.899. The number of carbonyl (C=O) groups is 3. The monoisotopic (exact) mass is 348 g/mol. The molecule has 0 radical (unpaired) electrons. The highest BCUT2D eigenvalue weighted by Gasteiger charge is 2.39. The molecule has 1 atom stereocenters. The van der Waals surface area contributed by atoms with Crippen LogP contribution < -0.4 is 0 Å². The first-order chi connectivity index (χ1) is 12.6. The molecule has 0 bridgehead atoms. The van der Waals surface area contributed by atoms with E-state index in [-0.39, 0.29) is 30.2 Å². The Balaban J connectivity index is 1.55. The Morgan fingerprint density at radius 2 is 1.62 bits per heavy atom. The Hall–Kier alpha value is -2.95. The Kier molecular flexibility index (Phi) is 4.29. The van der Waals surface area contributed by atoms with Gasteiger partial charge in [0.15, 0.2) is 0 Å². The fourth-order valence-electron chi connectivity index (χ4n) is 3.81. The summed E-state index contributed by atoms with van der Waals surface area (Å²) in [4.78, 5) is 41.0. The Bertz CT molecular complexity index is 863. The number of likely N-dealkylation sites (tertiary alicyclic amines) is 1. The summed E-state index contributed by atoms with van der Waals surface area (Å²) in [5, 5.41) is 0. The molecule has 0 aromatic heterocycles. The van der Waals surface area contributed by atoms with Crippen molar-refractivity contribution in [3.05, 3.63) is 71.3 Å². The van der Waals surface area contributed by atoms with Crippen LogP contribution in [0.1, 0.15) is 34.3 Å². The second-order valence-corrected chi connectivity index (χ2v) is 6.86. The van der Waals surface area contributed by atoms with Crippen molar-refractivity contribution in [2.75, 3.05) is 6.54 Å². The van der Waals surface area contributed by atoms with E-state index in [9.17, 15) is 14.4 Å². The molecular formula is C21H20N2O3. The van der Waals surface area contributed by atoms with Crippen molar-refractivity contribution < 1.29 is 14.4 Å². The second kappa shape index (κ2) is 6.75. The zero-order valence-electron chi connectivity index (χ0n) is 14.4. The van der Waals surface area contributed by atoms with Crippen molar-refractivity contribution in [3.63, 3.8) is 0 Å². The minimum Gasteiger partial charge on any atom is -0.336 e. The third-order valence-corrected chi connectivity index (χ3v) is 5.13. The van der Waals surface area contributed by atoms with E-state index < -0.39 is 0 Å². The molecule has 1 unspecified atom stereocenters. The molecule has 2 heterocycles. The predicted octanol–water partition coefficient (Wildman–Crippen LogP) is 2.40. The van der Waals surface area contributed by atoms with Crippen molar-refractivity contribution in [1.82, 2.24) is 9.80 Å². The van der Waals surface area contributed by atoms with Gasteiger partial charge in [-0.1, -0.05) is 48.5 Å². The molecule has 2 aromatic carbocycles. The molecule has 1 saturated heterocycles. The van der Waals surface area contributed by atoms with E-state index in [1.807, 2.05) is 48.5 Å². The van der Waals surface area contributed by atoms with E-state index in [1.54, 1.807) is 11.0 Å². The van der Waals surface area contributed by atoms with Gasteiger partial charge in [0.05, 0.1) is 12.5 Å². The first-order valence-corrected chi connectivity index (χ1v) is 8.89. The van der Waals surface area contributed by atoms with Crippen LogP contribution in [0.4, 0.5) is 0 Å². The quantitative estimate of drug-likeness (QED) is 0.801. The summed E-state index contributed by atoms with van der Waals surface area (Å²) in [5.41, 5.74) is 2.42. The van der Waals surface area contributed by atoms with Gasteiger partial charge in [0.25, 0.3) is 5.91 Å². The number of carbonyl (C=O) groups excluding carboxylic acids is 3. The number of fused-ring (bicyclic) bond motifs is 1. The van der Waals surface area contributed by atoms with E-state index >= 15 is 0 Å². The number of piperidine rings is 1. The van der Waals surface area contributed by atoms with Gasteiger partial charge in [0, 0.05) is 25.1 Å². The first-order valence-electron chi connectivity index (χ1n) is 8.89. The lowest BCUT2D eigenvalue weighted by molar-refractivity contribution is -0.140. The van der Waals surface area contributed by atoms with Gasteiger partial charge in [-0.25, -0.2) is 0 Å². The summed E-state index contributed by atoms with van der Waals surface area (Å²) in [6, 6.07) is 16.8. The Morgan fingerprint density at radius 1 is 0.885 bits per heavy atom. The summed E-state index contributed by atoms with van der Waals surface area (Å²) in [5.74, 6) is -0.342. The number of imide groups is 1. The van der Waals surface area contributed by atoms with Gasteiger partial charge in [0.2, 0.25) is 11.8 Å². The maximum Gasteiger partial charge on any atom is 0.261 e. The average molecular weight is 348 g/mol. The van der Waals surface area contributed by atoms with Crippen molar-refractivity contribution in [3.8, 4) is 0 Å². The molecule has 5 heteroatoms. The SMILES string of the molecule is O=C1CCC(N2C(=O)Cc3ccccc3C2=O)CN1Cc1ccccc1. The number of hydrogen-bond acceptors (Lipinski definition) is 3. The summed E-state index contributed by atoms with van der Waals surface area (Å²) in [6.07, 6.45) is 1.13. The van der Waals surface area contributed by atoms with Crippen molar-refractivity contribution in [1.29, 1.82) is 0 Å². The third-order valence-electron chi connectivity index (χ3n) is 5.13. The lowest BCUT2D eigenvalue weighted by Gasteiger charge is -2.40. The van der Waals surface area contributed by atoms with E-state index in [1.165, 1.54) is 4.90 Å². The Labute approximate surface area is 152 Å².